The van der Waals surface area contributed by atoms with E-state index in [1.54, 1.807) is 18.2 Å². The summed E-state index contributed by atoms with van der Waals surface area (Å²) in [5.41, 5.74) is 6.35. The van der Waals surface area contributed by atoms with Crippen molar-refractivity contribution in [1.82, 2.24) is 0 Å². The highest BCUT2D eigenvalue weighted by atomic mass is 19.1. The van der Waals surface area contributed by atoms with Gasteiger partial charge in [0.05, 0.1) is 5.56 Å². The number of nitrogens with two attached hydrogens (primary N) is 1. The standard InChI is InChI=1S/C15H14F2N2O/c1-9-5-6-12(16)13(7-9)20-8-10-3-2-4-11(14(10)17)15(18)19/h2-7H,8H2,1H3,(H3,18,19). The molecule has 0 amide bonds. The van der Waals surface area contributed by atoms with E-state index in [0.29, 0.717) is 0 Å². The number of nitrogen functional groups attached to an aromatic ring is 1. The Hall–Kier alpha value is -2.43. The second kappa shape index (κ2) is 5.69. The molecule has 0 unspecified atom stereocenters. The molecule has 0 radical (unpaired) electrons. The van der Waals surface area contributed by atoms with Crippen molar-refractivity contribution in [1.29, 1.82) is 5.41 Å². The van der Waals surface area contributed by atoms with Crippen LogP contribution in [0.25, 0.3) is 0 Å². The highest BCUT2D eigenvalue weighted by molar-refractivity contribution is 5.95. The van der Waals surface area contributed by atoms with Crippen molar-refractivity contribution in [2.45, 2.75) is 13.5 Å². The predicted molar refractivity (Wildman–Crippen MR) is 72.9 cm³/mol. The third kappa shape index (κ3) is 2.93. The van der Waals surface area contributed by atoms with E-state index in [1.807, 2.05) is 6.92 Å². The van der Waals surface area contributed by atoms with Gasteiger partial charge < -0.3 is 10.5 Å². The Kier molecular flexibility index (Phi) is 3.98. The zero-order valence-corrected chi connectivity index (χ0v) is 10.9. The second-order valence-corrected chi connectivity index (χ2v) is 4.41. The van der Waals surface area contributed by atoms with Gasteiger partial charge in [0.1, 0.15) is 18.3 Å². The van der Waals surface area contributed by atoms with Crippen molar-refractivity contribution >= 4 is 5.84 Å². The summed E-state index contributed by atoms with van der Waals surface area (Å²) in [5, 5.41) is 7.27. The van der Waals surface area contributed by atoms with E-state index in [0.717, 1.165) is 5.56 Å². The van der Waals surface area contributed by atoms with Gasteiger partial charge in [-0.3, -0.25) is 5.41 Å². The van der Waals surface area contributed by atoms with Crippen LogP contribution < -0.4 is 10.5 Å². The summed E-state index contributed by atoms with van der Waals surface area (Å²) >= 11 is 0. The third-order valence-corrected chi connectivity index (χ3v) is 2.84. The number of halogens is 2. The second-order valence-electron chi connectivity index (χ2n) is 4.41. The van der Waals surface area contributed by atoms with Gasteiger partial charge in [-0.1, -0.05) is 18.2 Å². The van der Waals surface area contributed by atoms with E-state index < -0.39 is 11.6 Å². The average Bonchev–Trinajstić information content (AvgIpc) is 2.41. The summed E-state index contributed by atoms with van der Waals surface area (Å²) in [6.45, 7) is 1.68. The summed E-state index contributed by atoms with van der Waals surface area (Å²) in [6, 6.07) is 8.96. The molecule has 0 fully saturated rings. The first-order chi connectivity index (χ1) is 9.49. The monoisotopic (exact) mass is 276 g/mol. The van der Waals surface area contributed by atoms with Crippen LogP contribution in [0.4, 0.5) is 8.78 Å². The van der Waals surface area contributed by atoms with E-state index in [4.69, 9.17) is 15.9 Å². The maximum Gasteiger partial charge on any atom is 0.165 e. The molecule has 2 rings (SSSR count). The van der Waals surface area contributed by atoms with Gasteiger partial charge >= 0.3 is 0 Å². The highest BCUT2D eigenvalue weighted by Crippen LogP contribution is 2.21. The number of hydrogen-bond acceptors (Lipinski definition) is 2. The van der Waals surface area contributed by atoms with Gasteiger partial charge in [-0.15, -0.1) is 0 Å². The lowest BCUT2D eigenvalue weighted by Crippen LogP contribution is -2.14. The largest absolute Gasteiger partial charge is 0.486 e. The molecule has 3 nitrogen and oxygen atoms in total. The lowest BCUT2D eigenvalue weighted by Gasteiger charge is -2.10. The van der Waals surface area contributed by atoms with Gasteiger partial charge in [0.25, 0.3) is 0 Å². The number of rotatable bonds is 4. The quantitative estimate of drug-likeness (QED) is 0.665. The van der Waals surface area contributed by atoms with Gasteiger partial charge in [-0.25, -0.2) is 8.78 Å². The molecule has 0 aromatic heterocycles. The normalized spacial score (nSPS) is 10.3. The average molecular weight is 276 g/mol. The predicted octanol–water partition coefficient (Wildman–Crippen LogP) is 3.14. The molecule has 0 saturated heterocycles. The molecule has 5 heteroatoms. The minimum absolute atomic E-state index is 0.0100. The maximum absolute atomic E-state index is 14.0. The maximum atomic E-state index is 14.0. The van der Waals surface area contributed by atoms with Crippen LogP contribution >= 0.6 is 0 Å². The Morgan fingerprint density at radius 1 is 1.25 bits per heavy atom. The number of amidine groups is 1. The van der Waals surface area contributed by atoms with E-state index >= 15 is 0 Å². The van der Waals surface area contributed by atoms with E-state index in [-0.39, 0.29) is 29.3 Å². The van der Waals surface area contributed by atoms with Crippen LogP contribution in [-0.4, -0.2) is 5.84 Å². The van der Waals surface area contributed by atoms with Gasteiger partial charge in [-0.05, 0) is 30.7 Å². The minimum Gasteiger partial charge on any atom is -0.486 e. The first-order valence-electron chi connectivity index (χ1n) is 6.00. The van der Waals surface area contributed by atoms with Gasteiger partial charge in [0, 0.05) is 5.56 Å². The molecule has 2 aromatic rings. The molecule has 0 aliphatic rings. The molecule has 0 heterocycles. The van der Waals surface area contributed by atoms with Crippen LogP contribution in [0.5, 0.6) is 5.75 Å². The molecule has 0 bridgehead atoms. The van der Waals surface area contributed by atoms with Gasteiger partial charge in [0.15, 0.2) is 11.6 Å². The molecule has 0 saturated carbocycles. The molecule has 3 N–H and O–H groups in total. The molecule has 104 valence electrons. The van der Waals surface area contributed by atoms with Crippen LogP contribution in [0, 0.1) is 24.0 Å². The van der Waals surface area contributed by atoms with Crippen molar-refractivity contribution < 1.29 is 13.5 Å². The number of ether oxygens (including phenoxy) is 1. The number of hydrogen-bond donors (Lipinski definition) is 2. The summed E-state index contributed by atoms with van der Waals surface area (Å²) in [7, 11) is 0. The first-order valence-corrected chi connectivity index (χ1v) is 6.00. The van der Waals surface area contributed by atoms with Gasteiger partial charge in [-0.2, -0.15) is 0 Å². The molecule has 2 aromatic carbocycles. The van der Waals surface area contributed by atoms with E-state index in [9.17, 15) is 8.78 Å². The number of benzene rings is 2. The molecule has 0 aliphatic heterocycles. The third-order valence-electron chi connectivity index (χ3n) is 2.84. The SMILES string of the molecule is Cc1ccc(F)c(OCc2cccc(C(=N)N)c2F)c1. The number of nitrogens with one attached hydrogen (secondary N) is 1. The molecule has 0 atom stereocenters. The van der Waals surface area contributed by atoms with Crippen LogP contribution in [0.3, 0.4) is 0 Å². The van der Waals surface area contributed by atoms with Crippen LogP contribution in [0.2, 0.25) is 0 Å². The fourth-order valence-electron chi connectivity index (χ4n) is 1.78. The van der Waals surface area contributed by atoms with Gasteiger partial charge in [0.2, 0.25) is 0 Å². The summed E-state index contributed by atoms with van der Waals surface area (Å²) in [5.74, 6) is -1.41. The van der Waals surface area contributed by atoms with E-state index in [2.05, 4.69) is 0 Å². The first kappa shape index (κ1) is 14.0. The molecule has 0 spiro atoms. The molecule has 0 aliphatic carbocycles. The van der Waals surface area contributed by atoms with Crippen LogP contribution in [0.1, 0.15) is 16.7 Å². The van der Waals surface area contributed by atoms with Crippen molar-refractivity contribution in [3.63, 3.8) is 0 Å². The lowest BCUT2D eigenvalue weighted by atomic mass is 10.1. The van der Waals surface area contributed by atoms with Crippen molar-refractivity contribution in [2.75, 3.05) is 0 Å². The van der Waals surface area contributed by atoms with Crippen LogP contribution in [-0.2, 0) is 6.61 Å². The fraction of sp³-hybridized carbons (Fsp3) is 0.133. The Balaban J connectivity index is 2.21. The Bertz CT molecular complexity index is 656. The molecular weight excluding hydrogens is 262 g/mol. The van der Waals surface area contributed by atoms with Crippen molar-refractivity contribution in [2.24, 2.45) is 5.73 Å². The molecule has 20 heavy (non-hydrogen) atoms. The zero-order chi connectivity index (χ0) is 14.7. The van der Waals surface area contributed by atoms with Crippen molar-refractivity contribution in [3.8, 4) is 5.75 Å². The van der Waals surface area contributed by atoms with E-state index in [1.165, 1.54) is 18.2 Å². The minimum atomic E-state index is -0.618. The zero-order valence-electron chi connectivity index (χ0n) is 10.9. The fourth-order valence-corrected chi connectivity index (χ4v) is 1.78. The lowest BCUT2D eigenvalue weighted by molar-refractivity contribution is 0.284. The smallest absolute Gasteiger partial charge is 0.165 e. The van der Waals surface area contributed by atoms with Crippen LogP contribution in [0.15, 0.2) is 36.4 Å². The number of aryl methyl sites for hydroxylation is 1. The topological polar surface area (TPSA) is 59.1 Å². The highest BCUT2D eigenvalue weighted by Gasteiger charge is 2.11. The summed E-state index contributed by atoms with van der Waals surface area (Å²) < 4.78 is 32.8. The molecular formula is C15H14F2N2O. The Morgan fingerprint density at radius 3 is 2.70 bits per heavy atom. The van der Waals surface area contributed by atoms with Crippen molar-refractivity contribution in [3.05, 3.63) is 64.7 Å². The summed E-state index contributed by atoms with van der Waals surface area (Å²) in [6.07, 6.45) is 0. The Labute approximate surface area is 115 Å². The summed E-state index contributed by atoms with van der Waals surface area (Å²) in [4.78, 5) is 0. The Morgan fingerprint density at radius 2 is 2.00 bits per heavy atom.